The molecule has 0 saturated heterocycles. The van der Waals surface area contributed by atoms with Crippen LogP contribution in [-0.2, 0) is 0 Å². The second-order valence-electron chi connectivity index (χ2n) is 4.39. The van der Waals surface area contributed by atoms with E-state index in [9.17, 15) is 13.6 Å². The van der Waals surface area contributed by atoms with Crippen LogP contribution in [0.25, 0.3) is 0 Å². The molecule has 2 aromatic rings. The number of halogens is 2. The molecular weight excluding hydrogens is 278 g/mol. The highest BCUT2D eigenvalue weighted by Gasteiger charge is 2.11. The van der Waals surface area contributed by atoms with Crippen LogP contribution in [0.3, 0.4) is 0 Å². The van der Waals surface area contributed by atoms with Gasteiger partial charge in [0.1, 0.15) is 5.75 Å². The molecule has 2 rings (SSSR count). The summed E-state index contributed by atoms with van der Waals surface area (Å²) in [5.74, 6) is -0.336. The van der Waals surface area contributed by atoms with Gasteiger partial charge in [-0.05, 0) is 42.8 Å². The van der Waals surface area contributed by atoms with Crippen LogP contribution in [0, 0.1) is 6.92 Å². The van der Waals surface area contributed by atoms with E-state index in [1.54, 1.807) is 12.1 Å². The van der Waals surface area contributed by atoms with E-state index in [2.05, 4.69) is 10.1 Å². The molecule has 0 atom stereocenters. The molecule has 2 aromatic carbocycles. The van der Waals surface area contributed by atoms with E-state index in [1.165, 1.54) is 24.3 Å². The summed E-state index contributed by atoms with van der Waals surface area (Å²) in [7, 11) is 0. The third-order valence-electron chi connectivity index (χ3n) is 2.91. The van der Waals surface area contributed by atoms with E-state index in [-0.39, 0.29) is 11.7 Å². The summed E-state index contributed by atoms with van der Waals surface area (Å²) in [6.07, 6.45) is 0. The maximum absolute atomic E-state index is 12.1. The van der Waals surface area contributed by atoms with Gasteiger partial charge in [0.05, 0.1) is 5.56 Å². The molecule has 1 amide bonds. The lowest BCUT2D eigenvalue weighted by atomic mass is 10.1. The minimum atomic E-state index is -2.88. The van der Waals surface area contributed by atoms with Gasteiger partial charge in [0.2, 0.25) is 0 Å². The first-order chi connectivity index (χ1) is 9.97. The van der Waals surface area contributed by atoms with Gasteiger partial charge in [-0.25, -0.2) is 0 Å². The van der Waals surface area contributed by atoms with E-state index in [1.807, 2.05) is 13.0 Å². The van der Waals surface area contributed by atoms with Gasteiger partial charge in [-0.2, -0.15) is 8.78 Å². The molecule has 6 heteroatoms. The number of nitrogens with two attached hydrogens (primary N) is 1. The normalized spacial score (nSPS) is 10.5. The molecule has 21 heavy (non-hydrogen) atoms. The Bertz CT molecular complexity index is 643. The zero-order chi connectivity index (χ0) is 15.4. The van der Waals surface area contributed by atoms with Gasteiger partial charge in [0, 0.05) is 11.4 Å². The summed E-state index contributed by atoms with van der Waals surface area (Å²) in [5.41, 5.74) is 7.89. The molecule has 0 fully saturated rings. The molecule has 0 spiro atoms. The summed E-state index contributed by atoms with van der Waals surface area (Å²) in [6, 6.07) is 10.8. The largest absolute Gasteiger partial charge is 0.435 e. The minimum absolute atomic E-state index is 0.0260. The number of alkyl halides is 2. The van der Waals surface area contributed by atoms with Crippen molar-refractivity contribution in [2.45, 2.75) is 13.5 Å². The van der Waals surface area contributed by atoms with Crippen LogP contribution in [-0.4, -0.2) is 12.5 Å². The van der Waals surface area contributed by atoms with Crippen LogP contribution in [0.1, 0.15) is 15.9 Å². The number of anilines is 2. The van der Waals surface area contributed by atoms with Gasteiger partial charge < -0.3 is 15.8 Å². The van der Waals surface area contributed by atoms with E-state index < -0.39 is 6.61 Å². The first-order valence-corrected chi connectivity index (χ1v) is 6.18. The minimum Gasteiger partial charge on any atom is -0.435 e. The highest BCUT2D eigenvalue weighted by atomic mass is 19.3. The van der Waals surface area contributed by atoms with E-state index in [0.29, 0.717) is 16.9 Å². The highest BCUT2D eigenvalue weighted by Crippen LogP contribution is 2.20. The van der Waals surface area contributed by atoms with Crippen LogP contribution in [0.2, 0.25) is 0 Å². The average molecular weight is 292 g/mol. The Balaban J connectivity index is 2.11. The number of aryl methyl sites for hydroxylation is 1. The second-order valence-corrected chi connectivity index (χ2v) is 4.39. The zero-order valence-corrected chi connectivity index (χ0v) is 11.3. The first kappa shape index (κ1) is 14.8. The second kappa shape index (κ2) is 6.21. The Labute approximate surface area is 120 Å². The SMILES string of the molecule is Cc1cccc(C(=O)Nc2ccc(OC(F)F)cc2)c1N. The maximum Gasteiger partial charge on any atom is 0.387 e. The van der Waals surface area contributed by atoms with Crippen LogP contribution in [0.15, 0.2) is 42.5 Å². The first-order valence-electron chi connectivity index (χ1n) is 6.18. The molecule has 0 aliphatic heterocycles. The number of carbonyl (C=O) groups excluding carboxylic acids is 1. The third kappa shape index (κ3) is 3.68. The molecule has 0 bridgehead atoms. The number of hydrogen-bond donors (Lipinski definition) is 2. The molecule has 110 valence electrons. The average Bonchev–Trinajstić information content (AvgIpc) is 2.43. The van der Waals surface area contributed by atoms with Gasteiger partial charge in [0.15, 0.2) is 0 Å². The number of nitrogen functional groups attached to an aromatic ring is 1. The summed E-state index contributed by atoms with van der Waals surface area (Å²) in [6.45, 7) is -1.07. The van der Waals surface area contributed by atoms with E-state index in [4.69, 9.17) is 5.73 Å². The number of rotatable bonds is 4. The van der Waals surface area contributed by atoms with Crippen molar-refractivity contribution in [2.75, 3.05) is 11.1 Å². The summed E-state index contributed by atoms with van der Waals surface area (Å²) < 4.78 is 28.3. The Morgan fingerprint density at radius 1 is 1.19 bits per heavy atom. The van der Waals surface area contributed by atoms with E-state index in [0.717, 1.165) is 5.56 Å². The van der Waals surface area contributed by atoms with Gasteiger partial charge >= 0.3 is 6.61 Å². The zero-order valence-electron chi connectivity index (χ0n) is 11.3. The molecule has 3 N–H and O–H groups in total. The molecular formula is C15H14F2N2O2. The Kier molecular flexibility index (Phi) is 4.37. The number of nitrogens with one attached hydrogen (secondary N) is 1. The molecule has 0 aliphatic rings. The van der Waals surface area contributed by atoms with Gasteiger partial charge in [-0.15, -0.1) is 0 Å². The van der Waals surface area contributed by atoms with Crippen molar-refractivity contribution in [1.29, 1.82) is 0 Å². The van der Waals surface area contributed by atoms with Crippen LogP contribution in [0.4, 0.5) is 20.2 Å². The Morgan fingerprint density at radius 2 is 1.86 bits per heavy atom. The quantitative estimate of drug-likeness (QED) is 0.848. The number of hydrogen-bond acceptors (Lipinski definition) is 3. The Morgan fingerprint density at radius 3 is 2.48 bits per heavy atom. The maximum atomic E-state index is 12.1. The van der Waals surface area contributed by atoms with Crippen LogP contribution in [0.5, 0.6) is 5.75 Å². The van der Waals surface area contributed by atoms with Crippen molar-refractivity contribution in [2.24, 2.45) is 0 Å². The number of para-hydroxylation sites is 1. The third-order valence-corrected chi connectivity index (χ3v) is 2.91. The highest BCUT2D eigenvalue weighted by molar-refractivity contribution is 6.08. The van der Waals surface area contributed by atoms with Gasteiger partial charge in [-0.3, -0.25) is 4.79 Å². The monoisotopic (exact) mass is 292 g/mol. The molecule has 0 aromatic heterocycles. The van der Waals surface area contributed by atoms with Crippen molar-refractivity contribution < 1.29 is 18.3 Å². The fourth-order valence-electron chi connectivity index (χ4n) is 1.80. The number of carbonyl (C=O) groups is 1. The molecule has 0 heterocycles. The topological polar surface area (TPSA) is 64.3 Å². The van der Waals surface area contributed by atoms with E-state index >= 15 is 0 Å². The standard InChI is InChI=1S/C15H14F2N2O2/c1-9-3-2-4-12(13(9)18)14(20)19-10-5-7-11(8-6-10)21-15(16)17/h2-8,15H,18H2,1H3,(H,19,20). The van der Waals surface area contributed by atoms with Crippen LogP contribution < -0.4 is 15.8 Å². The lowest BCUT2D eigenvalue weighted by Crippen LogP contribution is -2.14. The number of ether oxygens (including phenoxy) is 1. The fourth-order valence-corrected chi connectivity index (χ4v) is 1.80. The molecule has 0 saturated carbocycles. The summed E-state index contributed by atoms with van der Waals surface area (Å²) in [4.78, 5) is 12.1. The molecule has 4 nitrogen and oxygen atoms in total. The summed E-state index contributed by atoms with van der Waals surface area (Å²) in [5, 5.41) is 2.64. The molecule has 0 radical (unpaired) electrons. The van der Waals surface area contributed by atoms with Crippen molar-refractivity contribution >= 4 is 17.3 Å². The van der Waals surface area contributed by atoms with Crippen molar-refractivity contribution in [3.63, 3.8) is 0 Å². The fraction of sp³-hybridized carbons (Fsp3) is 0.133. The smallest absolute Gasteiger partial charge is 0.387 e. The van der Waals surface area contributed by atoms with Crippen molar-refractivity contribution in [1.82, 2.24) is 0 Å². The number of benzene rings is 2. The van der Waals surface area contributed by atoms with Crippen molar-refractivity contribution in [3.05, 3.63) is 53.6 Å². The van der Waals surface area contributed by atoms with Crippen molar-refractivity contribution in [3.8, 4) is 5.75 Å². The van der Waals surface area contributed by atoms with Gasteiger partial charge in [0.25, 0.3) is 5.91 Å². The van der Waals surface area contributed by atoms with Crippen LogP contribution >= 0.6 is 0 Å². The molecule has 0 unspecified atom stereocenters. The number of amides is 1. The Hall–Kier alpha value is -2.63. The summed E-state index contributed by atoms with van der Waals surface area (Å²) >= 11 is 0. The van der Waals surface area contributed by atoms with Gasteiger partial charge in [-0.1, -0.05) is 12.1 Å². The predicted molar refractivity (Wildman–Crippen MR) is 76.6 cm³/mol. The molecule has 0 aliphatic carbocycles. The lowest BCUT2D eigenvalue weighted by molar-refractivity contribution is -0.0498. The lowest BCUT2D eigenvalue weighted by Gasteiger charge is -2.10. The predicted octanol–water partition coefficient (Wildman–Crippen LogP) is 3.43.